The molecule has 0 aliphatic carbocycles. The molecular formula is C17H19ClN4O. The van der Waals surface area contributed by atoms with Gasteiger partial charge in [0.05, 0.1) is 5.02 Å². The summed E-state index contributed by atoms with van der Waals surface area (Å²) in [6, 6.07) is 13.1. The van der Waals surface area contributed by atoms with Gasteiger partial charge in [0.25, 0.3) is 0 Å². The summed E-state index contributed by atoms with van der Waals surface area (Å²) in [5.74, 6) is 0.596. The highest BCUT2D eigenvalue weighted by Crippen LogP contribution is 2.23. The molecule has 0 radical (unpaired) electrons. The van der Waals surface area contributed by atoms with Gasteiger partial charge in [-0.1, -0.05) is 41.9 Å². The number of nitrogens with two attached hydrogens (primary N) is 1. The van der Waals surface area contributed by atoms with Crippen molar-refractivity contribution in [2.24, 2.45) is 5.73 Å². The minimum absolute atomic E-state index is 0.311. The molecule has 1 aromatic carbocycles. The Morgan fingerprint density at radius 1 is 1.09 bits per heavy atom. The van der Waals surface area contributed by atoms with Crippen molar-refractivity contribution in [1.82, 2.24) is 9.88 Å². The van der Waals surface area contributed by atoms with Crippen LogP contribution in [0.4, 0.5) is 5.82 Å². The van der Waals surface area contributed by atoms with Crippen molar-refractivity contribution in [2.75, 3.05) is 31.1 Å². The normalized spacial score (nSPS) is 17.0. The zero-order chi connectivity index (χ0) is 16.2. The van der Waals surface area contributed by atoms with Crippen molar-refractivity contribution in [2.45, 2.75) is 6.04 Å². The number of anilines is 1. The Kier molecular flexibility index (Phi) is 4.79. The number of aromatic nitrogens is 1. The number of piperazine rings is 1. The molecule has 5 nitrogen and oxygen atoms in total. The number of primary amides is 1. The fourth-order valence-electron chi connectivity index (χ4n) is 2.95. The van der Waals surface area contributed by atoms with E-state index < -0.39 is 0 Å². The highest BCUT2D eigenvalue weighted by Gasteiger charge is 2.29. The lowest BCUT2D eigenvalue weighted by Crippen LogP contribution is -2.50. The lowest BCUT2D eigenvalue weighted by atomic mass is 10.0. The van der Waals surface area contributed by atoms with Crippen LogP contribution in [-0.2, 0) is 4.79 Å². The predicted molar refractivity (Wildman–Crippen MR) is 91.4 cm³/mol. The van der Waals surface area contributed by atoms with Crippen LogP contribution in [0.2, 0.25) is 5.02 Å². The maximum atomic E-state index is 11.9. The van der Waals surface area contributed by atoms with E-state index in [-0.39, 0.29) is 11.9 Å². The van der Waals surface area contributed by atoms with Crippen LogP contribution in [0.15, 0.2) is 48.7 Å². The molecule has 2 N–H and O–H groups in total. The Balaban J connectivity index is 1.69. The third-order valence-electron chi connectivity index (χ3n) is 4.10. The van der Waals surface area contributed by atoms with Crippen LogP contribution in [0.3, 0.4) is 0 Å². The molecule has 1 unspecified atom stereocenters. The van der Waals surface area contributed by atoms with Gasteiger partial charge < -0.3 is 10.6 Å². The van der Waals surface area contributed by atoms with Crippen LogP contribution in [0, 0.1) is 0 Å². The number of benzene rings is 1. The van der Waals surface area contributed by atoms with Gasteiger partial charge in [-0.2, -0.15) is 0 Å². The molecule has 1 aliphatic rings. The molecule has 1 saturated heterocycles. The number of hydrogen-bond acceptors (Lipinski definition) is 4. The standard InChI is InChI=1S/C17H19ClN4O/c18-14-6-7-15(20-12-14)21-8-10-22(11-9-21)16(17(19)23)13-4-2-1-3-5-13/h1-7,12,16H,8-11H2,(H2,19,23). The molecule has 23 heavy (non-hydrogen) atoms. The topological polar surface area (TPSA) is 62.5 Å². The summed E-state index contributed by atoms with van der Waals surface area (Å²) in [5, 5.41) is 0.630. The molecule has 3 rings (SSSR count). The van der Waals surface area contributed by atoms with Gasteiger partial charge in [0.15, 0.2) is 0 Å². The Morgan fingerprint density at radius 3 is 2.35 bits per heavy atom. The van der Waals surface area contributed by atoms with Gasteiger partial charge in [0, 0.05) is 32.4 Å². The van der Waals surface area contributed by atoms with E-state index in [1.54, 1.807) is 6.20 Å². The molecule has 2 heterocycles. The van der Waals surface area contributed by atoms with E-state index in [2.05, 4.69) is 14.8 Å². The minimum atomic E-state index is -0.378. The van der Waals surface area contributed by atoms with Gasteiger partial charge in [-0.25, -0.2) is 4.98 Å². The number of hydrogen-bond donors (Lipinski definition) is 1. The van der Waals surface area contributed by atoms with E-state index in [0.717, 1.165) is 37.6 Å². The molecule has 2 aromatic rings. The summed E-state index contributed by atoms with van der Waals surface area (Å²) in [7, 11) is 0. The first-order chi connectivity index (χ1) is 11.1. The first kappa shape index (κ1) is 15.8. The molecule has 120 valence electrons. The first-order valence-electron chi connectivity index (χ1n) is 7.60. The quantitative estimate of drug-likeness (QED) is 0.932. The summed E-state index contributed by atoms with van der Waals surface area (Å²) in [5.41, 5.74) is 6.58. The van der Waals surface area contributed by atoms with Gasteiger partial charge >= 0.3 is 0 Å². The third kappa shape index (κ3) is 3.63. The zero-order valence-corrected chi connectivity index (χ0v) is 13.5. The average molecular weight is 331 g/mol. The van der Waals surface area contributed by atoms with Crippen molar-refractivity contribution in [3.63, 3.8) is 0 Å². The number of rotatable bonds is 4. The molecule has 1 aliphatic heterocycles. The largest absolute Gasteiger partial charge is 0.368 e. The third-order valence-corrected chi connectivity index (χ3v) is 4.32. The number of pyridine rings is 1. The molecule has 1 amide bonds. The van der Waals surface area contributed by atoms with E-state index in [1.807, 2.05) is 42.5 Å². The molecular weight excluding hydrogens is 312 g/mol. The maximum Gasteiger partial charge on any atom is 0.239 e. The van der Waals surface area contributed by atoms with Crippen molar-refractivity contribution >= 4 is 23.3 Å². The van der Waals surface area contributed by atoms with Crippen LogP contribution in [0.1, 0.15) is 11.6 Å². The summed E-state index contributed by atoms with van der Waals surface area (Å²) in [6.45, 7) is 3.11. The predicted octanol–water partition coefficient (Wildman–Crippen LogP) is 2.08. The van der Waals surface area contributed by atoms with Gasteiger partial charge in [-0.3, -0.25) is 9.69 Å². The molecule has 0 spiro atoms. The number of nitrogens with zero attached hydrogens (tertiary/aromatic N) is 3. The molecule has 0 bridgehead atoms. The van der Waals surface area contributed by atoms with E-state index >= 15 is 0 Å². The van der Waals surface area contributed by atoms with Gasteiger partial charge in [0.1, 0.15) is 11.9 Å². The number of carbonyl (C=O) groups excluding carboxylic acids is 1. The Labute approximate surface area is 140 Å². The number of carbonyl (C=O) groups is 1. The summed E-state index contributed by atoms with van der Waals surface area (Å²) < 4.78 is 0. The number of amides is 1. The second-order valence-corrected chi connectivity index (χ2v) is 6.01. The molecule has 1 fully saturated rings. The van der Waals surface area contributed by atoms with Crippen molar-refractivity contribution in [1.29, 1.82) is 0 Å². The average Bonchev–Trinajstić information content (AvgIpc) is 2.57. The van der Waals surface area contributed by atoms with Crippen LogP contribution in [0.25, 0.3) is 0 Å². The minimum Gasteiger partial charge on any atom is -0.368 e. The Hall–Kier alpha value is -2.11. The van der Waals surface area contributed by atoms with Crippen molar-refractivity contribution in [3.05, 3.63) is 59.2 Å². The van der Waals surface area contributed by atoms with E-state index in [4.69, 9.17) is 17.3 Å². The van der Waals surface area contributed by atoms with E-state index in [1.165, 1.54) is 0 Å². The molecule has 6 heteroatoms. The fourth-order valence-corrected chi connectivity index (χ4v) is 3.07. The Morgan fingerprint density at radius 2 is 1.78 bits per heavy atom. The molecule has 0 saturated carbocycles. The van der Waals surface area contributed by atoms with E-state index in [9.17, 15) is 4.79 Å². The van der Waals surface area contributed by atoms with Crippen molar-refractivity contribution < 1.29 is 4.79 Å². The molecule has 1 aromatic heterocycles. The number of halogens is 1. The highest BCUT2D eigenvalue weighted by atomic mass is 35.5. The lowest BCUT2D eigenvalue weighted by Gasteiger charge is -2.38. The van der Waals surface area contributed by atoms with Gasteiger partial charge in [0.2, 0.25) is 5.91 Å². The summed E-state index contributed by atoms with van der Waals surface area (Å²) >= 11 is 5.88. The summed E-state index contributed by atoms with van der Waals surface area (Å²) in [6.07, 6.45) is 1.65. The summed E-state index contributed by atoms with van der Waals surface area (Å²) in [4.78, 5) is 20.6. The maximum absolute atomic E-state index is 11.9. The highest BCUT2D eigenvalue weighted by molar-refractivity contribution is 6.30. The van der Waals surface area contributed by atoms with Crippen molar-refractivity contribution in [3.8, 4) is 0 Å². The molecule has 1 atom stereocenters. The van der Waals surface area contributed by atoms with E-state index in [0.29, 0.717) is 5.02 Å². The van der Waals surface area contributed by atoms with Crippen LogP contribution in [-0.4, -0.2) is 42.0 Å². The smallest absolute Gasteiger partial charge is 0.239 e. The first-order valence-corrected chi connectivity index (χ1v) is 7.98. The SMILES string of the molecule is NC(=O)C(c1ccccc1)N1CCN(c2ccc(Cl)cn2)CC1. The monoisotopic (exact) mass is 330 g/mol. The zero-order valence-electron chi connectivity index (χ0n) is 12.7. The van der Waals surface area contributed by atoms with Crippen LogP contribution >= 0.6 is 11.6 Å². The van der Waals surface area contributed by atoms with Gasteiger partial charge in [-0.05, 0) is 17.7 Å². The van der Waals surface area contributed by atoms with Crippen LogP contribution < -0.4 is 10.6 Å². The fraction of sp³-hybridized carbons (Fsp3) is 0.294. The van der Waals surface area contributed by atoms with Gasteiger partial charge in [-0.15, -0.1) is 0 Å². The lowest BCUT2D eigenvalue weighted by molar-refractivity contribution is -0.123. The second kappa shape index (κ2) is 6.98. The second-order valence-electron chi connectivity index (χ2n) is 5.57. The van der Waals surface area contributed by atoms with Crippen LogP contribution in [0.5, 0.6) is 0 Å². The Bertz CT molecular complexity index is 654.